The molecule has 2 N–H and O–H groups in total. The first-order valence-electron chi connectivity index (χ1n) is 12.0. The van der Waals surface area contributed by atoms with E-state index < -0.39 is 30.4 Å². The van der Waals surface area contributed by atoms with Crippen molar-refractivity contribution < 1.29 is 47.6 Å². The van der Waals surface area contributed by atoms with Crippen LogP contribution in [-0.2, 0) is 35.0 Å². The molecule has 0 amide bonds. The molecule has 1 rings (SSSR count). The number of ether oxygens (including phenoxy) is 6. The summed E-state index contributed by atoms with van der Waals surface area (Å²) in [5, 5.41) is 0. The predicted octanol–water partition coefficient (Wildman–Crippen LogP) is 3.93. The van der Waals surface area contributed by atoms with Crippen molar-refractivity contribution in [2.45, 2.75) is 72.4 Å². The normalized spacial score (nSPS) is 12.3. The fourth-order valence-corrected chi connectivity index (χ4v) is 2.74. The summed E-state index contributed by atoms with van der Waals surface area (Å²) in [5.74, 6) is -1.09. The van der Waals surface area contributed by atoms with E-state index >= 15 is 0 Å². The van der Waals surface area contributed by atoms with Crippen LogP contribution in [0.4, 0.5) is 9.59 Å². The Bertz CT molecular complexity index is 870. The monoisotopic (exact) mass is 511 g/mol. The van der Waals surface area contributed by atoms with Crippen molar-refractivity contribution in [3.63, 3.8) is 0 Å². The van der Waals surface area contributed by atoms with Crippen LogP contribution in [0.2, 0.25) is 0 Å². The summed E-state index contributed by atoms with van der Waals surface area (Å²) in [6, 6.07) is 3.29. The molecule has 0 aliphatic heterocycles. The van der Waals surface area contributed by atoms with Crippen LogP contribution in [0.5, 0.6) is 11.5 Å². The van der Waals surface area contributed by atoms with Crippen LogP contribution in [0.15, 0.2) is 18.2 Å². The molecule has 202 valence electrons. The smallest absolute Gasteiger partial charge is 0.461 e. The minimum absolute atomic E-state index is 0.0290. The number of rotatable bonds is 14. The molecule has 0 radical (unpaired) electrons. The molecule has 0 aliphatic carbocycles. The van der Waals surface area contributed by atoms with E-state index in [1.807, 2.05) is 27.7 Å². The van der Waals surface area contributed by atoms with Gasteiger partial charge in [-0.25, -0.2) is 9.59 Å². The van der Waals surface area contributed by atoms with Crippen LogP contribution >= 0.6 is 0 Å². The Morgan fingerprint density at radius 3 is 2.00 bits per heavy atom. The molecule has 36 heavy (non-hydrogen) atoms. The summed E-state index contributed by atoms with van der Waals surface area (Å²) in [6.07, 6.45) is -1.07. The van der Waals surface area contributed by atoms with Crippen LogP contribution in [0.25, 0.3) is 0 Å². The number of esters is 2. The Balaban J connectivity index is 2.80. The third-order valence-electron chi connectivity index (χ3n) is 4.37. The number of carbonyl (C=O) groups excluding carboxylic acids is 4. The molecule has 1 aromatic carbocycles. The average molecular weight is 512 g/mol. The second-order valence-electron chi connectivity index (χ2n) is 8.52. The van der Waals surface area contributed by atoms with Gasteiger partial charge in [-0.05, 0) is 49.8 Å². The first-order chi connectivity index (χ1) is 17.0. The van der Waals surface area contributed by atoms with Gasteiger partial charge in [0, 0.05) is 6.42 Å². The minimum Gasteiger partial charge on any atom is -0.461 e. The van der Waals surface area contributed by atoms with E-state index in [-0.39, 0.29) is 56.0 Å². The molecule has 0 saturated carbocycles. The molecule has 11 nitrogen and oxygen atoms in total. The lowest BCUT2D eigenvalue weighted by atomic mass is 10.1. The average Bonchev–Trinajstić information content (AvgIpc) is 2.80. The molecule has 0 bridgehead atoms. The molecule has 2 atom stereocenters. The van der Waals surface area contributed by atoms with Gasteiger partial charge < -0.3 is 34.2 Å². The van der Waals surface area contributed by atoms with E-state index in [1.54, 1.807) is 13.0 Å². The summed E-state index contributed by atoms with van der Waals surface area (Å²) >= 11 is 0. The summed E-state index contributed by atoms with van der Waals surface area (Å²) in [5.41, 5.74) is 6.48. The van der Waals surface area contributed by atoms with Gasteiger partial charge in [-0.3, -0.25) is 9.59 Å². The Morgan fingerprint density at radius 1 is 0.861 bits per heavy atom. The van der Waals surface area contributed by atoms with E-state index in [9.17, 15) is 19.2 Å². The number of hydrogen-bond donors (Lipinski definition) is 1. The molecule has 0 heterocycles. The molecule has 0 aromatic heterocycles. The Hall–Kier alpha value is -3.34. The van der Waals surface area contributed by atoms with E-state index in [1.165, 1.54) is 12.1 Å². The van der Waals surface area contributed by atoms with E-state index in [0.717, 1.165) is 0 Å². The number of hydrogen-bond acceptors (Lipinski definition) is 11. The Morgan fingerprint density at radius 2 is 1.44 bits per heavy atom. The zero-order valence-electron chi connectivity index (χ0n) is 21.6. The van der Waals surface area contributed by atoms with Gasteiger partial charge in [0.2, 0.25) is 0 Å². The van der Waals surface area contributed by atoms with Crippen LogP contribution in [0.1, 0.15) is 59.4 Å². The molecular weight excluding hydrogens is 474 g/mol. The van der Waals surface area contributed by atoms with Gasteiger partial charge in [-0.15, -0.1) is 0 Å². The maximum absolute atomic E-state index is 12.3. The zero-order chi connectivity index (χ0) is 27.1. The fraction of sp³-hybridized carbons (Fsp3) is 0.600. The highest BCUT2D eigenvalue weighted by molar-refractivity contribution is 5.76. The second kappa shape index (κ2) is 16.4. The molecule has 0 fully saturated rings. The molecule has 0 unspecified atom stereocenters. The van der Waals surface area contributed by atoms with Crippen LogP contribution in [0, 0.1) is 5.92 Å². The van der Waals surface area contributed by atoms with Crippen LogP contribution in [0.3, 0.4) is 0 Å². The van der Waals surface area contributed by atoms with Gasteiger partial charge in [0.05, 0.1) is 13.2 Å². The van der Waals surface area contributed by atoms with Crippen molar-refractivity contribution in [1.82, 2.24) is 0 Å². The van der Waals surface area contributed by atoms with E-state index in [0.29, 0.717) is 18.4 Å². The van der Waals surface area contributed by atoms with Gasteiger partial charge in [-0.1, -0.05) is 33.8 Å². The fourth-order valence-electron chi connectivity index (χ4n) is 2.74. The highest BCUT2D eigenvalue weighted by Crippen LogP contribution is 2.30. The van der Waals surface area contributed by atoms with E-state index in [2.05, 4.69) is 0 Å². The predicted molar refractivity (Wildman–Crippen MR) is 129 cm³/mol. The Labute approximate surface area is 211 Å². The minimum atomic E-state index is -1.05. The standard InChI is InChI=1S/C25H37NO10/c1-6-10-31-24(29)35-20-9-8-18(14-21(20)36-25(30)32-11-7-2)13-19(26)23(28)33-15-17(5)34-22(27)12-16(3)4/h8-9,14,16-17,19H,6-7,10-13,15,26H2,1-5H3/t17-,19-/m0/s1. The van der Waals surface area contributed by atoms with Crippen molar-refractivity contribution in [2.75, 3.05) is 19.8 Å². The lowest BCUT2D eigenvalue weighted by Crippen LogP contribution is -2.36. The van der Waals surface area contributed by atoms with Gasteiger partial charge in [0.1, 0.15) is 18.8 Å². The molecule has 1 aromatic rings. The highest BCUT2D eigenvalue weighted by Gasteiger charge is 2.21. The number of carbonyl (C=O) groups is 4. The second-order valence-corrected chi connectivity index (χ2v) is 8.52. The quantitative estimate of drug-likeness (QED) is 0.220. The van der Waals surface area contributed by atoms with Crippen molar-refractivity contribution in [2.24, 2.45) is 11.7 Å². The SMILES string of the molecule is CCCOC(=O)Oc1ccc(C[C@H](N)C(=O)OC[C@H](C)OC(=O)CC(C)C)cc1OC(=O)OCCC. The topological polar surface area (TPSA) is 150 Å². The van der Waals surface area contributed by atoms with Gasteiger partial charge in [0.15, 0.2) is 11.5 Å². The first kappa shape index (κ1) is 30.7. The van der Waals surface area contributed by atoms with Gasteiger partial charge in [-0.2, -0.15) is 0 Å². The Kier molecular flexibility index (Phi) is 13.9. The summed E-state index contributed by atoms with van der Waals surface area (Å²) in [6.45, 7) is 9.23. The third-order valence-corrected chi connectivity index (χ3v) is 4.37. The first-order valence-corrected chi connectivity index (χ1v) is 12.0. The van der Waals surface area contributed by atoms with E-state index in [4.69, 9.17) is 34.2 Å². The van der Waals surface area contributed by atoms with Crippen molar-refractivity contribution in [3.8, 4) is 11.5 Å². The zero-order valence-corrected chi connectivity index (χ0v) is 21.6. The number of benzene rings is 1. The van der Waals surface area contributed by atoms with Gasteiger partial charge >= 0.3 is 24.2 Å². The van der Waals surface area contributed by atoms with Crippen molar-refractivity contribution in [3.05, 3.63) is 23.8 Å². The lowest BCUT2D eigenvalue weighted by Gasteiger charge is -2.17. The molecule has 11 heteroatoms. The van der Waals surface area contributed by atoms with Gasteiger partial charge in [0.25, 0.3) is 0 Å². The van der Waals surface area contributed by atoms with Crippen molar-refractivity contribution >= 4 is 24.2 Å². The lowest BCUT2D eigenvalue weighted by molar-refractivity contribution is -0.159. The maximum atomic E-state index is 12.3. The van der Waals surface area contributed by atoms with Crippen molar-refractivity contribution in [1.29, 1.82) is 0 Å². The molecule has 0 spiro atoms. The summed E-state index contributed by atoms with van der Waals surface area (Å²) < 4.78 is 30.5. The largest absolute Gasteiger partial charge is 0.513 e. The third kappa shape index (κ3) is 12.4. The summed E-state index contributed by atoms with van der Waals surface area (Å²) in [4.78, 5) is 47.9. The molecule has 0 saturated heterocycles. The number of nitrogens with two attached hydrogens (primary N) is 1. The maximum Gasteiger partial charge on any atom is 0.513 e. The molecular formula is C25H37NO10. The highest BCUT2D eigenvalue weighted by atomic mass is 16.7. The summed E-state index contributed by atoms with van der Waals surface area (Å²) in [7, 11) is 0. The van der Waals surface area contributed by atoms with Crippen LogP contribution < -0.4 is 15.2 Å². The van der Waals surface area contributed by atoms with Crippen LogP contribution in [-0.4, -0.2) is 56.2 Å². The molecule has 0 aliphatic rings.